The maximum absolute atomic E-state index is 9.65. The fraction of sp³-hybridized carbons (Fsp3) is 0.692. The summed E-state index contributed by atoms with van der Waals surface area (Å²) in [6.45, 7) is 2.88. The van der Waals surface area contributed by atoms with Gasteiger partial charge in [0, 0.05) is 19.2 Å². The van der Waals surface area contributed by atoms with E-state index in [0.717, 1.165) is 43.0 Å². The topological polar surface area (TPSA) is 70.1 Å². The van der Waals surface area contributed by atoms with Gasteiger partial charge in [0.15, 0.2) is 0 Å². The van der Waals surface area contributed by atoms with Crippen molar-refractivity contribution in [3.63, 3.8) is 0 Å². The van der Waals surface area contributed by atoms with Crippen LogP contribution in [0.1, 0.15) is 31.2 Å². The van der Waals surface area contributed by atoms with Crippen LogP contribution in [0.5, 0.6) is 0 Å². The van der Waals surface area contributed by atoms with E-state index in [0.29, 0.717) is 5.92 Å². The van der Waals surface area contributed by atoms with Gasteiger partial charge < -0.3 is 15.7 Å². The van der Waals surface area contributed by atoms with Crippen LogP contribution in [0.4, 0.5) is 11.6 Å². The average molecular weight is 250 g/mol. The molecule has 1 aliphatic carbocycles. The molecule has 0 radical (unpaired) electrons. The van der Waals surface area contributed by atoms with Gasteiger partial charge in [0.25, 0.3) is 0 Å². The van der Waals surface area contributed by atoms with Crippen LogP contribution >= 0.6 is 0 Å². The largest absolute Gasteiger partial charge is 0.393 e. The first-order chi connectivity index (χ1) is 8.70. The lowest BCUT2D eigenvalue weighted by molar-refractivity contribution is 0.104. The van der Waals surface area contributed by atoms with E-state index in [2.05, 4.69) is 20.6 Å². The summed E-state index contributed by atoms with van der Waals surface area (Å²) in [6.07, 6.45) is 5.61. The molecule has 2 atom stereocenters. The van der Waals surface area contributed by atoms with E-state index in [9.17, 15) is 5.11 Å². The molecule has 3 N–H and O–H groups in total. The third kappa shape index (κ3) is 3.10. The maximum atomic E-state index is 9.65. The highest BCUT2D eigenvalue weighted by Crippen LogP contribution is 2.25. The minimum atomic E-state index is -0.120. The predicted octanol–water partition coefficient (Wildman–Crippen LogP) is 1.79. The van der Waals surface area contributed by atoms with Crippen LogP contribution < -0.4 is 10.6 Å². The summed E-state index contributed by atoms with van der Waals surface area (Å²) in [7, 11) is 1.86. The summed E-state index contributed by atoms with van der Waals surface area (Å²) in [5.74, 6) is 2.28. The minimum absolute atomic E-state index is 0.120. The van der Waals surface area contributed by atoms with Gasteiger partial charge in [0.2, 0.25) is 0 Å². The number of rotatable bonds is 4. The Bertz CT molecular complexity index is 397. The summed E-state index contributed by atoms with van der Waals surface area (Å²) >= 11 is 0. The van der Waals surface area contributed by atoms with Crippen molar-refractivity contribution in [2.24, 2.45) is 5.92 Å². The zero-order valence-corrected chi connectivity index (χ0v) is 11.1. The lowest BCUT2D eigenvalue weighted by Crippen LogP contribution is -2.25. The van der Waals surface area contributed by atoms with Crippen LogP contribution in [0.3, 0.4) is 0 Å². The molecule has 1 heterocycles. The zero-order valence-electron chi connectivity index (χ0n) is 11.1. The van der Waals surface area contributed by atoms with Crippen LogP contribution in [-0.2, 0) is 0 Å². The quantitative estimate of drug-likeness (QED) is 0.760. The van der Waals surface area contributed by atoms with Crippen molar-refractivity contribution < 1.29 is 5.11 Å². The molecule has 1 aromatic heterocycles. The van der Waals surface area contributed by atoms with Crippen molar-refractivity contribution >= 4 is 11.6 Å². The summed E-state index contributed by atoms with van der Waals surface area (Å²) in [6, 6.07) is 0. The SMILES string of the molecule is CNc1ncnc(NCC2CCCC(O)C2)c1C. The van der Waals surface area contributed by atoms with Gasteiger partial charge in [-0.2, -0.15) is 0 Å². The van der Waals surface area contributed by atoms with Crippen LogP contribution in [0.15, 0.2) is 6.33 Å². The molecule has 18 heavy (non-hydrogen) atoms. The molecule has 1 aromatic rings. The molecule has 1 fully saturated rings. The number of hydrogen-bond donors (Lipinski definition) is 3. The van der Waals surface area contributed by atoms with E-state index < -0.39 is 0 Å². The molecule has 0 aromatic carbocycles. The van der Waals surface area contributed by atoms with E-state index in [1.54, 1.807) is 6.33 Å². The monoisotopic (exact) mass is 250 g/mol. The highest BCUT2D eigenvalue weighted by atomic mass is 16.3. The van der Waals surface area contributed by atoms with Gasteiger partial charge in [-0.05, 0) is 32.1 Å². The molecule has 1 saturated carbocycles. The van der Waals surface area contributed by atoms with Crippen molar-refractivity contribution in [1.82, 2.24) is 9.97 Å². The molecule has 2 rings (SSSR count). The molecule has 0 bridgehead atoms. The van der Waals surface area contributed by atoms with Crippen LogP contribution in [-0.4, -0.2) is 34.8 Å². The highest BCUT2D eigenvalue weighted by molar-refractivity contribution is 5.56. The Morgan fingerprint density at radius 2 is 2.11 bits per heavy atom. The molecule has 5 nitrogen and oxygen atoms in total. The Morgan fingerprint density at radius 1 is 1.33 bits per heavy atom. The molecule has 1 aliphatic rings. The fourth-order valence-corrected chi connectivity index (χ4v) is 2.57. The van der Waals surface area contributed by atoms with E-state index >= 15 is 0 Å². The van der Waals surface area contributed by atoms with Gasteiger partial charge in [0.1, 0.15) is 18.0 Å². The van der Waals surface area contributed by atoms with E-state index in [1.807, 2.05) is 14.0 Å². The van der Waals surface area contributed by atoms with Gasteiger partial charge in [-0.25, -0.2) is 9.97 Å². The third-order valence-corrected chi connectivity index (χ3v) is 3.63. The zero-order chi connectivity index (χ0) is 13.0. The number of aliphatic hydroxyl groups excluding tert-OH is 1. The Morgan fingerprint density at radius 3 is 2.83 bits per heavy atom. The van der Waals surface area contributed by atoms with Crippen molar-refractivity contribution in [3.05, 3.63) is 11.9 Å². The second-order valence-corrected chi connectivity index (χ2v) is 5.01. The third-order valence-electron chi connectivity index (χ3n) is 3.63. The van der Waals surface area contributed by atoms with Gasteiger partial charge in [-0.3, -0.25) is 0 Å². The number of hydrogen-bond acceptors (Lipinski definition) is 5. The Kier molecular flexibility index (Phi) is 4.36. The average Bonchev–Trinajstić information content (AvgIpc) is 2.38. The molecule has 0 spiro atoms. The summed E-state index contributed by atoms with van der Waals surface area (Å²) in [5, 5.41) is 16.1. The van der Waals surface area contributed by atoms with E-state index in [4.69, 9.17) is 0 Å². The van der Waals surface area contributed by atoms with Crippen molar-refractivity contribution in [2.45, 2.75) is 38.7 Å². The smallest absolute Gasteiger partial charge is 0.134 e. The summed E-state index contributed by atoms with van der Waals surface area (Å²) in [4.78, 5) is 8.43. The Labute approximate surface area is 108 Å². The van der Waals surface area contributed by atoms with Crippen molar-refractivity contribution in [3.8, 4) is 0 Å². The second kappa shape index (κ2) is 6.00. The fourth-order valence-electron chi connectivity index (χ4n) is 2.57. The molecule has 0 amide bonds. The molecule has 0 aliphatic heterocycles. The van der Waals surface area contributed by atoms with Gasteiger partial charge >= 0.3 is 0 Å². The van der Waals surface area contributed by atoms with Crippen LogP contribution in [0, 0.1) is 12.8 Å². The number of anilines is 2. The summed E-state index contributed by atoms with van der Waals surface area (Å²) in [5.41, 5.74) is 1.04. The van der Waals surface area contributed by atoms with Crippen LogP contribution in [0.2, 0.25) is 0 Å². The first-order valence-electron chi connectivity index (χ1n) is 6.62. The molecule has 5 heteroatoms. The number of nitrogens with one attached hydrogen (secondary N) is 2. The molecular weight excluding hydrogens is 228 g/mol. The van der Waals surface area contributed by atoms with E-state index in [1.165, 1.54) is 6.42 Å². The number of aromatic nitrogens is 2. The van der Waals surface area contributed by atoms with Gasteiger partial charge in [-0.15, -0.1) is 0 Å². The Balaban J connectivity index is 1.93. The number of nitrogens with zero attached hydrogens (tertiary/aromatic N) is 2. The van der Waals surface area contributed by atoms with Crippen molar-refractivity contribution in [1.29, 1.82) is 0 Å². The molecule has 2 unspecified atom stereocenters. The number of aliphatic hydroxyl groups is 1. The minimum Gasteiger partial charge on any atom is -0.393 e. The first kappa shape index (κ1) is 13.1. The molecule has 100 valence electrons. The van der Waals surface area contributed by atoms with Crippen LogP contribution in [0.25, 0.3) is 0 Å². The molecule has 0 saturated heterocycles. The summed E-state index contributed by atoms with van der Waals surface area (Å²) < 4.78 is 0. The normalized spacial score (nSPS) is 23.7. The maximum Gasteiger partial charge on any atom is 0.134 e. The van der Waals surface area contributed by atoms with Crippen molar-refractivity contribution in [2.75, 3.05) is 24.2 Å². The lowest BCUT2D eigenvalue weighted by atomic mass is 9.87. The predicted molar refractivity (Wildman–Crippen MR) is 72.8 cm³/mol. The van der Waals surface area contributed by atoms with E-state index in [-0.39, 0.29) is 6.10 Å². The Hall–Kier alpha value is -1.36. The second-order valence-electron chi connectivity index (χ2n) is 5.01. The van der Waals surface area contributed by atoms with Gasteiger partial charge in [0.05, 0.1) is 6.10 Å². The molecular formula is C13H22N4O. The first-order valence-corrected chi connectivity index (χ1v) is 6.62. The standard InChI is InChI=1S/C13H22N4O/c1-9-12(14-2)16-8-17-13(9)15-7-10-4-3-5-11(18)6-10/h8,10-11,18H,3-7H2,1-2H3,(H2,14,15,16,17). The highest BCUT2D eigenvalue weighted by Gasteiger charge is 2.20. The lowest BCUT2D eigenvalue weighted by Gasteiger charge is -2.26. The van der Waals surface area contributed by atoms with Gasteiger partial charge in [-0.1, -0.05) is 6.42 Å².